The summed E-state index contributed by atoms with van der Waals surface area (Å²) in [6.45, 7) is 4.67. The number of hydrogen-bond acceptors (Lipinski definition) is 0. The average molecular weight is 279 g/mol. The van der Waals surface area contributed by atoms with Crippen molar-refractivity contribution in [2.75, 3.05) is 0 Å². The number of rotatable bonds is 6. The maximum Gasteiger partial charge on any atom is 0.109 e. The van der Waals surface area contributed by atoms with Crippen LogP contribution < -0.4 is 0 Å². The first-order chi connectivity index (χ1) is 6.22. The summed E-state index contributed by atoms with van der Waals surface area (Å²) in [6, 6.07) is 3.30. The smallest absolute Gasteiger partial charge is 0.109 e. The molecular weight excluding hydrogens is 256 g/mol. The zero-order valence-electron chi connectivity index (χ0n) is 9.11. The predicted octanol–water partition coefficient (Wildman–Crippen LogP) is 4.25. The third-order valence-electron chi connectivity index (χ3n) is 3.43. The van der Waals surface area contributed by atoms with Gasteiger partial charge in [0.1, 0.15) is 7.42 Å². The Labute approximate surface area is 93.7 Å². The molecule has 1 heterocycles. The van der Waals surface area contributed by atoms with E-state index in [0.29, 0.717) is 0 Å². The molecule has 0 saturated carbocycles. The first kappa shape index (κ1) is 12.0. The molecule has 0 aliphatic carbocycles. The molecule has 0 aromatic rings. The summed E-state index contributed by atoms with van der Waals surface area (Å²) in [4.78, 5) is 0. The number of halogens is 1. The van der Waals surface area contributed by atoms with Crippen LogP contribution in [0.25, 0.3) is 0 Å². The maximum absolute atomic E-state index is 3.89. The van der Waals surface area contributed by atoms with Gasteiger partial charge in [0.05, 0.1) is 0 Å². The molecular formula is C10H23BrSi2. The van der Waals surface area contributed by atoms with Gasteiger partial charge < -0.3 is 0 Å². The zero-order chi connectivity index (χ0) is 9.73. The quantitative estimate of drug-likeness (QED) is 0.504. The molecule has 0 bridgehead atoms. The third-order valence-corrected chi connectivity index (χ3v) is 22.6. The van der Waals surface area contributed by atoms with Crippen molar-refractivity contribution in [3.8, 4) is 0 Å². The van der Waals surface area contributed by atoms with Crippen molar-refractivity contribution in [2.24, 2.45) is 0 Å². The highest BCUT2D eigenvalue weighted by Crippen LogP contribution is 2.42. The second-order valence-electron chi connectivity index (χ2n) is 4.71. The van der Waals surface area contributed by atoms with E-state index >= 15 is 0 Å². The molecule has 0 unspecified atom stereocenters. The Bertz CT molecular complexity index is 134. The lowest BCUT2D eigenvalue weighted by atomic mass is 10.4. The third kappa shape index (κ3) is 3.52. The Balaban J connectivity index is 2.27. The largest absolute Gasteiger partial charge is 0.131 e. The van der Waals surface area contributed by atoms with Gasteiger partial charge in [0, 0.05) is 8.07 Å². The molecule has 1 fully saturated rings. The van der Waals surface area contributed by atoms with Crippen LogP contribution in [0.4, 0.5) is 0 Å². The van der Waals surface area contributed by atoms with Gasteiger partial charge in [-0.2, -0.15) is 0 Å². The summed E-state index contributed by atoms with van der Waals surface area (Å²) in [5.41, 5.74) is 3.43. The van der Waals surface area contributed by atoms with Crippen molar-refractivity contribution in [1.29, 1.82) is 0 Å². The van der Waals surface area contributed by atoms with Crippen molar-refractivity contribution >= 4 is 30.8 Å². The van der Waals surface area contributed by atoms with Gasteiger partial charge in [0.25, 0.3) is 0 Å². The van der Waals surface area contributed by atoms with E-state index < -0.39 is 8.07 Å². The lowest BCUT2D eigenvalue weighted by molar-refractivity contribution is 0.822. The van der Waals surface area contributed by atoms with Crippen LogP contribution in [0.1, 0.15) is 39.5 Å². The van der Waals surface area contributed by atoms with Crippen molar-refractivity contribution in [1.82, 2.24) is 0 Å². The molecule has 13 heavy (non-hydrogen) atoms. The molecule has 0 spiro atoms. The summed E-state index contributed by atoms with van der Waals surface area (Å²) < 4.78 is 0. The highest BCUT2D eigenvalue weighted by molar-refractivity contribution is 9.24. The average Bonchev–Trinajstić information content (AvgIpc) is 2.08. The van der Waals surface area contributed by atoms with Crippen molar-refractivity contribution in [2.45, 2.75) is 63.0 Å². The fourth-order valence-electron chi connectivity index (χ4n) is 2.52. The molecule has 78 valence electrons. The molecule has 1 saturated heterocycles. The van der Waals surface area contributed by atoms with Crippen LogP contribution in [0, 0.1) is 0 Å². The van der Waals surface area contributed by atoms with E-state index in [1.54, 1.807) is 23.4 Å². The van der Waals surface area contributed by atoms with Crippen molar-refractivity contribution < 1.29 is 0 Å². The molecule has 3 heteroatoms. The van der Waals surface area contributed by atoms with E-state index in [9.17, 15) is 0 Å². The van der Waals surface area contributed by atoms with Crippen molar-refractivity contribution in [3.63, 3.8) is 0 Å². The van der Waals surface area contributed by atoms with Gasteiger partial charge in [0.15, 0.2) is 0 Å². The molecule has 0 amide bonds. The molecule has 1 rings (SSSR count). The minimum atomic E-state index is -0.633. The summed E-state index contributed by atoms with van der Waals surface area (Å²) >= 11 is 3.89. The Morgan fingerprint density at radius 3 is 1.85 bits per heavy atom. The van der Waals surface area contributed by atoms with Gasteiger partial charge in [0.2, 0.25) is 0 Å². The zero-order valence-corrected chi connectivity index (χ0v) is 12.9. The normalized spacial score (nSPS) is 21.5. The van der Waals surface area contributed by atoms with Crippen LogP contribution in [-0.4, -0.2) is 15.5 Å². The summed E-state index contributed by atoms with van der Waals surface area (Å²) in [5, 5.41) is 0. The molecule has 0 aromatic heterocycles. The van der Waals surface area contributed by atoms with Crippen molar-refractivity contribution in [3.05, 3.63) is 0 Å². The van der Waals surface area contributed by atoms with Crippen LogP contribution in [0.2, 0.25) is 23.4 Å². The lowest BCUT2D eigenvalue weighted by Crippen LogP contribution is -2.50. The Kier molecular flexibility index (Phi) is 5.27. The molecule has 0 N–H and O–H groups in total. The van der Waals surface area contributed by atoms with E-state index in [4.69, 9.17) is 0 Å². The minimum absolute atomic E-state index is 0.305. The van der Waals surface area contributed by atoms with Gasteiger partial charge in [-0.05, 0) is 0 Å². The molecule has 1 aliphatic heterocycles. The van der Waals surface area contributed by atoms with Crippen LogP contribution >= 0.6 is 15.3 Å². The topological polar surface area (TPSA) is 0 Å². The van der Waals surface area contributed by atoms with Gasteiger partial charge in [-0.15, -0.1) is 15.3 Å². The number of hydrogen-bond donors (Lipinski definition) is 0. The van der Waals surface area contributed by atoms with Crippen LogP contribution in [0.15, 0.2) is 0 Å². The van der Waals surface area contributed by atoms with E-state index in [-0.39, 0.29) is 7.42 Å². The Morgan fingerprint density at radius 2 is 1.54 bits per heavy atom. The minimum Gasteiger partial charge on any atom is -0.131 e. The molecule has 0 aromatic carbocycles. The fraction of sp³-hybridized carbons (Fsp3) is 1.00. The van der Waals surface area contributed by atoms with Gasteiger partial charge in [-0.25, -0.2) is 0 Å². The SMILES string of the molecule is CCCC[Si]1(CCCC)C[SiH](Br)C1. The molecule has 0 radical (unpaired) electrons. The standard InChI is InChI=1S/C10H23BrSi2/c1-3-5-7-13(8-6-4-2)9-12(11)10-13/h12H,3-10H2,1-2H3. The van der Waals surface area contributed by atoms with Gasteiger partial charge >= 0.3 is 0 Å². The fourth-order valence-corrected chi connectivity index (χ4v) is 27.6. The summed E-state index contributed by atoms with van der Waals surface area (Å²) in [5.74, 6) is 0. The van der Waals surface area contributed by atoms with Gasteiger partial charge in [-0.1, -0.05) is 63.0 Å². The lowest BCUT2D eigenvalue weighted by Gasteiger charge is -2.43. The second-order valence-corrected chi connectivity index (χ2v) is 17.1. The highest BCUT2D eigenvalue weighted by Gasteiger charge is 2.44. The number of unbranched alkanes of at least 4 members (excludes halogenated alkanes) is 2. The second kappa shape index (κ2) is 5.71. The van der Waals surface area contributed by atoms with E-state index in [1.165, 1.54) is 25.7 Å². The Hall–Kier alpha value is 0.914. The molecule has 0 atom stereocenters. The predicted molar refractivity (Wildman–Crippen MR) is 70.9 cm³/mol. The summed E-state index contributed by atoms with van der Waals surface area (Å²) in [7, 11) is -0.938. The first-order valence-corrected chi connectivity index (χ1v) is 13.5. The van der Waals surface area contributed by atoms with Crippen LogP contribution in [0.3, 0.4) is 0 Å². The maximum atomic E-state index is 3.89. The monoisotopic (exact) mass is 278 g/mol. The highest BCUT2D eigenvalue weighted by atomic mass is 79.9. The van der Waals surface area contributed by atoms with E-state index in [2.05, 4.69) is 29.1 Å². The molecule has 0 nitrogen and oxygen atoms in total. The summed E-state index contributed by atoms with van der Waals surface area (Å²) in [6.07, 6.45) is 5.86. The molecule has 1 aliphatic rings. The van der Waals surface area contributed by atoms with Crippen LogP contribution in [-0.2, 0) is 0 Å². The van der Waals surface area contributed by atoms with E-state index in [1.807, 2.05) is 0 Å². The van der Waals surface area contributed by atoms with Crippen LogP contribution in [0.5, 0.6) is 0 Å². The Morgan fingerprint density at radius 1 is 1.08 bits per heavy atom. The van der Waals surface area contributed by atoms with E-state index in [0.717, 1.165) is 0 Å². The van der Waals surface area contributed by atoms with Gasteiger partial charge in [-0.3, -0.25) is 0 Å². The first-order valence-electron chi connectivity index (χ1n) is 5.86.